The molecule has 0 fully saturated rings. The van der Waals surface area contributed by atoms with Gasteiger partial charge in [0.15, 0.2) is 6.61 Å². The van der Waals surface area contributed by atoms with Crippen molar-refractivity contribution in [3.05, 3.63) is 29.8 Å². The molecule has 2 atom stereocenters. The summed E-state index contributed by atoms with van der Waals surface area (Å²) in [6.45, 7) is 2.49. The first kappa shape index (κ1) is 21.5. The molecule has 1 aromatic carbocycles. The first-order valence-corrected chi connectivity index (χ1v) is 7.05. The van der Waals surface area contributed by atoms with E-state index in [1.807, 2.05) is 13.8 Å². The van der Waals surface area contributed by atoms with Gasteiger partial charge in [0.1, 0.15) is 5.75 Å². The van der Waals surface area contributed by atoms with Crippen LogP contribution in [0.5, 0.6) is 5.75 Å². The van der Waals surface area contributed by atoms with E-state index in [1.54, 1.807) is 18.2 Å². The Balaban J connectivity index is 0.00000484. The highest BCUT2D eigenvalue weighted by Crippen LogP contribution is 2.22. The van der Waals surface area contributed by atoms with Crippen LogP contribution in [0.1, 0.15) is 25.8 Å². The third-order valence-electron chi connectivity index (χ3n) is 3.38. The van der Waals surface area contributed by atoms with E-state index in [9.17, 15) is 18.0 Å². The Hall–Kier alpha value is -1.47. The molecule has 2 unspecified atom stereocenters. The van der Waals surface area contributed by atoms with Crippen molar-refractivity contribution in [2.24, 2.45) is 11.7 Å². The number of ether oxygens (including phenoxy) is 1. The van der Waals surface area contributed by atoms with Crippen LogP contribution in [-0.4, -0.2) is 24.7 Å². The van der Waals surface area contributed by atoms with E-state index < -0.39 is 18.8 Å². The number of para-hydroxylation sites is 1. The standard InChI is InChI=1S/C15H21F3N2O2.ClH/c1-3-10(2)13(19)14(21)20-8-11-6-4-5-7-12(11)22-9-15(16,17)18;/h4-7,10,13H,3,8-9,19H2,1-2H3,(H,20,21);1H. The van der Waals surface area contributed by atoms with Crippen molar-refractivity contribution < 1.29 is 22.7 Å². The van der Waals surface area contributed by atoms with Gasteiger partial charge >= 0.3 is 6.18 Å². The molecule has 0 spiro atoms. The molecule has 23 heavy (non-hydrogen) atoms. The molecule has 0 saturated heterocycles. The van der Waals surface area contributed by atoms with Gasteiger partial charge in [-0.25, -0.2) is 0 Å². The Morgan fingerprint density at radius 2 is 1.96 bits per heavy atom. The smallest absolute Gasteiger partial charge is 0.422 e. The molecule has 1 amide bonds. The predicted octanol–water partition coefficient (Wildman–Crippen LogP) is 3.04. The molecule has 3 N–H and O–H groups in total. The van der Waals surface area contributed by atoms with E-state index in [4.69, 9.17) is 10.5 Å². The minimum absolute atomic E-state index is 0. The lowest BCUT2D eigenvalue weighted by molar-refractivity contribution is -0.153. The summed E-state index contributed by atoms with van der Waals surface area (Å²) in [5, 5.41) is 2.63. The molecule has 1 rings (SSSR count). The zero-order valence-electron chi connectivity index (χ0n) is 13.0. The Bertz CT molecular complexity index is 498. The SMILES string of the molecule is CCC(C)C(N)C(=O)NCc1ccccc1OCC(F)(F)F.Cl. The second-order valence-corrected chi connectivity index (χ2v) is 5.14. The van der Waals surface area contributed by atoms with E-state index in [0.717, 1.165) is 6.42 Å². The quantitative estimate of drug-likeness (QED) is 0.791. The second-order valence-electron chi connectivity index (χ2n) is 5.14. The highest BCUT2D eigenvalue weighted by molar-refractivity contribution is 5.85. The van der Waals surface area contributed by atoms with E-state index in [2.05, 4.69) is 5.32 Å². The molecule has 0 aliphatic heterocycles. The average Bonchev–Trinajstić information content (AvgIpc) is 2.48. The molecule has 0 aromatic heterocycles. The number of hydrogen-bond acceptors (Lipinski definition) is 3. The molecular weight excluding hydrogens is 333 g/mol. The number of hydrogen-bond donors (Lipinski definition) is 2. The molecule has 1 aromatic rings. The van der Waals surface area contributed by atoms with E-state index in [0.29, 0.717) is 5.56 Å². The molecule has 0 aliphatic rings. The summed E-state index contributed by atoms with van der Waals surface area (Å²) >= 11 is 0. The summed E-state index contributed by atoms with van der Waals surface area (Å²) in [5.74, 6) is -0.214. The van der Waals surface area contributed by atoms with Gasteiger partial charge in [-0.2, -0.15) is 13.2 Å². The number of carbonyl (C=O) groups is 1. The minimum atomic E-state index is -4.41. The van der Waals surface area contributed by atoms with Gasteiger partial charge in [-0.15, -0.1) is 12.4 Å². The first-order chi connectivity index (χ1) is 10.2. The lowest BCUT2D eigenvalue weighted by Crippen LogP contribution is -2.44. The summed E-state index contributed by atoms with van der Waals surface area (Å²) < 4.78 is 41.4. The highest BCUT2D eigenvalue weighted by Gasteiger charge is 2.28. The summed E-state index contributed by atoms with van der Waals surface area (Å²) in [6, 6.07) is 5.62. The topological polar surface area (TPSA) is 64.4 Å². The third kappa shape index (κ3) is 7.56. The van der Waals surface area contributed by atoms with Crippen LogP contribution in [-0.2, 0) is 11.3 Å². The zero-order chi connectivity index (χ0) is 16.8. The van der Waals surface area contributed by atoms with Crippen molar-refractivity contribution in [2.45, 2.75) is 39.0 Å². The molecule has 0 saturated carbocycles. The van der Waals surface area contributed by atoms with Crippen LogP contribution in [0.4, 0.5) is 13.2 Å². The van der Waals surface area contributed by atoms with Gasteiger partial charge < -0.3 is 15.8 Å². The summed E-state index contributed by atoms with van der Waals surface area (Å²) in [5.41, 5.74) is 6.27. The second kappa shape index (κ2) is 9.62. The summed E-state index contributed by atoms with van der Waals surface area (Å²) in [6.07, 6.45) is -3.64. The average molecular weight is 355 g/mol. The van der Waals surface area contributed by atoms with Crippen molar-refractivity contribution >= 4 is 18.3 Å². The monoisotopic (exact) mass is 354 g/mol. The van der Waals surface area contributed by atoms with Crippen LogP contribution < -0.4 is 15.8 Å². The number of halogens is 4. The molecule has 0 bridgehead atoms. The van der Waals surface area contributed by atoms with Crippen LogP contribution in [0.25, 0.3) is 0 Å². The van der Waals surface area contributed by atoms with E-state index in [-0.39, 0.29) is 36.5 Å². The van der Waals surface area contributed by atoms with Crippen molar-refractivity contribution in [3.8, 4) is 5.75 Å². The highest BCUT2D eigenvalue weighted by atomic mass is 35.5. The van der Waals surface area contributed by atoms with Gasteiger partial charge in [-0.05, 0) is 12.0 Å². The van der Waals surface area contributed by atoms with Gasteiger partial charge in [0.05, 0.1) is 6.04 Å². The molecular formula is C15H22ClF3N2O2. The maximum absolute atomic E-state index is 12.2. The number of carbonyl (C=O) groups excluding carboxylic acids is 1. The number of alkyl halides is 3. The molecule has 8 heteroatoms. The number of nitrogens with one attached hydrogen (secondary N) is 1. The number of rotatable bonds is 7. The normalized spacial score (nSPS) is 13.7. The lowest BCUT2D eigenvalue weighted by atomic mass is 9.99. The van der Waals surface area contributed by atoms with Gasteiger partial charge in [0.2, 0.25) is 5.91 Å². The lowest BCUT2D eigenvalue weighted by Gasteiger charge is -2.18. The fourth-order valence-electron chi connectivity index (χ4n) is 1.76. The van der Waals surface area contributed by atoms with Crippen molar-refractivity contribution in [1.29, 1.82) is 0 Å². The Morgan fingerprint density at radius 3 is 2.52 bits per heavy atom. The fourth-order valence-corrected chi connectivity index (χ4v) is 1.76. The molecule has 132 valence electrons. The summed E-state index contributed by atoms with van der Waals surface area (Å²) in [4.78, 5) is 11.9. The van der Waals surface area contributed by atoms with Gasteiger partial charge in [-0.3, -0.25) is 4.79 Å². The van der Waals surface area contributed by atoms with Crippen LogP contribution in [0, 0.1) is 5.92 Å². The third-order valence-corrected chi connectivity index (χ3v) is 3.38. The predicted molar refractivity (Wildman–Crippen MR) is 84.5 cm³/mol. The van der Waals surface area contributed by atoms with Crippen LogP contribution >= 0.6 is 12.4 Å². The molecule has 4 nitrogen and oxygen atoms in total. The number of nitrogens with two attached hydrogens (primary N) is 1. The molecule has 0 radical (unpaired) electrons. The van der Waals surface area contributed by atoms with Gasteiger partial charge in [0.25, 0.3) is 0 Å². The number of amides is 1. The Morgan fingerprint density at radius 1 is 1.35 bits per heavy atom. The van der Waals surface area contributed by atoms with Gasteiger partial charge in [0, 0.05) is 12.1 Å². The zero-order valence-corrected chi connectivity index (χ0v) is 13.8. The van der Waals surface area contributed by atoms with E-state index in [1.165, 1.54) is 6.07 Å². The van der Waals surface area contributed by atoms with E-state index >= 15 is 0 Å². The van der Waals surface area contributed by atoms with Crippen molar-refractivity contribution in [1.82, 2.24) is 5.32 Å². The van der Waals surface area contributed by atoms with Crippen LogP contribution in [0.15, 0.2) is 24.3 Å². The molecule has 0 heterocycles. The number of benzene rings is 1. The van der Waals surface area contributed by atoms with Crippen molar-refractivity contribution in [3.63, 3.8) is 0 Å². The maximum atomic E-state index is 12.2. The fraction of sp³-hybridized carbons (Fsp3) is 0.533. The maximum Gasteiger partial charge on any atom is 0.422 e. The summed E-state index contributed by atoms with van der Waals surface area (Å²) in [7, 11) is 0. The first-order valence-electron chi connectivity index (χ1n) is 7.05. The molecule has 0 aliphatic carbocycles. The largest absolute Gasteiger partial charge is 0.484 e. The van der Waals surface area contributed by atoms with Gasteiger partial charge in [-0.1, -0.05) is 38.5 Å². The van der Waals surface area contributed by atoms with Crippen molar-refractivity contribution in [2.75, 3.05) is 6.61 Å². The van der Waals surface area contributed by atoms with Crippen LogP contribution in [0.2, 0.25) is 0 Å². The Kier molecular flexibility index (Phi) is 9.01. The Labute approximate surface area is 140 Å². The van der Waals surface area contributed by atoms with Crippen LogP contribution in [0.3, 0.4) is 0 Å². The minimum Gasteiger partial charge on any atom is -0.484 e.